The Kier molecular flexibility index (Phi) is 6.14. The van der Waals surface area contributed by atoms with Crippen LogP contribution in [-0.4, -0.2) is 32.4 Å². The van der Waals surface area contributed by atoms with Crippen LogP contribution in [0.4, 0.5) is 0 Å². The highest BCUT2D eigenvalue weighted by Gasteiger charge is 2.24. The molecule has 2 unspecified atom stereocenters. The maximum atomic E-state index is 5.80. The first-order valence-electron chi connectivity index (χ1n) is 6.99. The van der Waals surface area contributed by atoms with Crippen molar-refractivity contribution < 1.29 is 9.47 Å². The Balaban J connectivity index is 1.77. The zero-order chi connectivity index (χ0) is 13.5. The second kappa shape index (κ2) is 7.88. The highest BCUT2D eigenvalue weighted by molar-refractivity contribution is 9.10. The summed E-state index contributed by atoms with van der Waals surface area (Å²) in [6.07, 6.45) is 2.14. The first-order chi connectivity index (χ1) is 9.29. The molecule has 3 nitrogen and oxygen atoms in total. The lowest BCUT2D eigenvalue weighted by Gasteiger charge is -2.32. The molecule has 1 aromatic carbocycles. The number of hydrogen-bond acceptors (Lipinski definition) is 3. The SMILES string of the molecule is CCNC1CCOCC1CCOc1cccc(Br)c1. The maximum Gasteiger partial charge on any atom is 0.120 e. The monoisotopic (exact) mass is 327 g/mol. The number of rotatable bonds is 6. The van der Waals surface area contributed by atoms with Gasteiger partial charge in [0.2, 0.25) is 0 Å². The van der Waals surface area contributed by atoms with Crippen molar-refractivity contribution in [2.24, 2.45) is 5.92 Å². The smallest absolute Gasteiger partial charge is 0.120 e. The lowest BCUT2D eigenvalue weighted by atomic mass is 9.93. The minimum absolute atomic E-state index is 0.556. The van der Waals surface area contributed by atoms with E-state index < -0.39 is 0 Å². The van der Waals surface area contributed by atoms with Crippen molar-refractivity contribution in [3.8, 4) is 5.75 Å². The number of nitrogens with one attached hydrogen (secondary N) is 1. The van der Waals surface area contributed by atoms with Gasteiger partial charge in [0, 0.05) is 23.0 Å². The van der Waals surface area contributed by atoms with Crippen molar-refractivity contribution in [1.29, 1.82) is 0 Å². The Morgan fingerprint density at radius 3 is 3.16 bits per heavy atom. The average Bonchev–Trinajstić information content (AvgIpc) is 2.41. The van der Waals surface area contributed by atoms with E-state index in [4.69, 9.17) is 9.47 Å². The molecule has 0 bridgehead atoms. The maximum absolute atomic E-state index is 5.80. The molecular weight excluding hydrogens is 306 g/mol. The van der Waals surface area contributed by atoms with Gasteiger partial charge in [-0.15, -0.1) is 0 Å². The molecule has 2 atom stereocenters. The summed E-state index contributed by atoms with van der Waals surface area (Å²) in [6, 6.07) is 8.56. The van der Waals surface area contributed by atoms with Crippen LogP contribution in [0.5, 0.6) is 5.75 Å². The number of hydrogen-bond donors (Lipinski definition) is 1. The molecule has 1 saturated heterocycles. The zero-order valence-corrected chi connectivity index (χ0v) is 13.0. The highest BCUT2D eigenvalue weighted by atomic mass is 79.9. The fourth-order valence-corrected chi connectivity index (χ4v) is 2.88. The molecule has 0 aromatic heterocycles. The third-order valence-electron chi connectivity index (χ3n) is 3.49. The van der Waals surface area contributed by atoms with Gasteiger partial charge in [0.1, 0.15) is 5.75 Å². The standard InChI is InChI=1S/C15H22BrNO2/c1-2-17-15-7-8-18-11-12(15)6-9-19-14-5-3-4-13(16)10-14/h3-5,10,12,15,17H,2,6-9,11H2,1H3. The van der Waals surface area contributed by atoms with Crippen LogP contribution in [-0.2, 0) is 4.74 Å². The molecule has 4 heteroatoms. The molecule has 1 aliphatic heterocycles. The number of ether oxygens (including phenoxy) is 2. The molecule has 1 fully saturated rings. The first kappa shape index (κ1) is 14.8. The van der Waals surface area contributed by atoms with E-state index in [0.29, 0.717) is 12.0 Å². The normalized spacial score (nSPS) is 23.3. The van der Waals surface area contributed by atoms with Crippen molar-refractivity contribution in [3.63, 3.8) is 0 Å². The summed E-state index contributed by atoms with van der Waals surface area (Å²) in [5, 5.41) is 3.55. The van der Waals surface area contributed by atoms with Crippen LogP contribution in [0.2, 0.25) is 0 Å². The van der Waals surface area contributed by atoms with Crippen LogP contribution in [0.1, 0.15) is 19.8 Å². The number of benzene rings is 1. The fourth-order valence-electron chi connectivity index (χ4n) is 2.50. The summed E-state index contributed by atoms with van der Waals surface area (Å²) in [6.45, 7) is 5.64. The van der Waals surface area contributed by atoms with E-state index in [9.17, 15) is 0 Å². The lowest BCUT2D eigenvalue weighted by Crippen LogP contribution is -2.43. The average molecular weight is 328 g/mol. The molecule has 1 heterocycles. The van der Waals surface area contributed by atoms with E-state index in [1.165, 1.54) is 0 Å². The topological polar surface area (TPSA) is 30.5 Å². The highest BCUT2D eigenvalue weighted by Crippen LogP contribution is 2.21. The second-order valence-electron chi connectivity index (χ2n) is 4.88. The zero-order valence-electron chi connectivity index (χ0n) is 11.4. The molecule has 106 valence electrons. The van der Waals surface area contributed by atoms with Gasteiger partial charge in [-0.25, -0.2) is 0 Å². The Labute approximate surface area is 123 Å². The molecule has 0 aliphatic carbocycles. The summed E-state index contributed by atoms with van der Waals surface area (Å²) in [7, 11) is 0. The lowest BCUT2D eigenvalue weighted by molar-refractivity contribution is 0.0241. The van der Waals surface area contributed by atoms with Gasteiger partial charge in [-0.2, -0.15) is 0 Å². The molecule has 1 aliphatic rings. The minimum atomic E-state index is 0.556. The molecule has 1 aromatic rings. The second-order valence-corrected chi connectivity index (χ2v) is 5.80. The molecular formula is C15H22BrNO2. The fraction of sp³-hybridized carbons (Fsp3) is 0.600. The van der Waals surface area contributed by atoms with Crippen LogP contribution in [0, 0.1) is 5.92 Å². The quantitative estimate of drug-likeness (QED) is 0.870. The Morgan fingerprint density at radius 2 is 2.37 bits per heavy atom. The van der Waals surface area contributed by atoms with Gasteiger partial charge < -0.3 is 14.8 Å². The van der Waals surface area contributed by atoms with Crippen molar-refractivity contribution in [3.05, 3.63) is 28.7 Å². The minimum Gasteiger partial charge on any atom is -0.494 e. The van der Waals surface area contributed by atoms with E-state index in [2.05, 4.69) is 28.2 Å². The van der Waals surface area contributed by atoms with E-state index in [1.54, 1.807) is 0 Å². The van der Waals surface area contributed by atoms with Gasteiger partial charge >= 0.3 is 0 Å². The third kappa shape index (κ3) is 4.79. The summed E-state index contributed by atoms with van der Waals surface area (Å²) >= 11 is 3.45. The van der Waals surface area contributed by atoms with Crippen molar-refractivity contribution in [2.75, 3.05) is 26.4 Å². The van der Waals surface area contributed by atoms with E-state index in [0.717, 1.165) is 49.4 Å². The Hall–Kier alpha value is -0.580. The molecule has 0 amide bonds. The Bertz CT molecular complexity index is 384. The summed E-state index contributed by atoms with van der Waals surface area (Å²) in [5.41, 5.74) is 0. The summed E-state index contributed by atoms with van der Waals surface area (Å²) in [4.78, 5) is 0. The van der Waals surface area contributed by atoms with E-state index in [-0.39, 0.29) is 0 Å². The van der Waals surface area contributed by atoms with Crippen molar-refractivity contribution in [2.45, 2.75) is 25.8 Å². The molecule has 0 saturated carbocycles. The van der Waals surface area contributed by atoms with Crippen LogP contribution in [0.15, 0.2) is 28.7 Å². The van der Waals surface area contributed by atoms with Crippen LogP contribution < -0.4 is 10.1 Å². The molecule has 2 rings (SSSR count). The third-order valence-corrected chi connectivity index (χ3v) is 3.99. The van der Waals surface area contributed by atoms with Gasteiger partial charge in [-0.3, -0.25) is 0 Å². The molecule has 0 spiro atoms. The molecule has 1 N–H and O–H groups in total. The van der Waals surface area contributed by atoms with E-state index >= 15 is 0 Å². The van der Waals surface area contributed by atoms with Crippen molar-refractivity contribution >= 4 is 15.9 Å². The van der Waals surface area contributed by atoms with Gasteiger partial charge in [0.05, 0.1) is 13.2 Å². The van der Waals surface area contributed by atoms with Crippen LogP contribution in [0.3, 0.4) is 0 Å². The largest absolute Gasteiger partial charge is 0.494 e. The van der Waals surface area contributed by atoms with Gasteiger partial charge in [-0.1, -0.05) is 28.9 Å². The summed E-state index contributed by atoms with van der Waals surface area (Å²) < 4.78 is 12.4. The van der Waals surface area contributed by atoms with E-state index in [1.807, 2.05) is 24.3 Å². The molecule has 0 radical (unpaired) electrons. The number of halogens is 1. The summed E-state index contributed by atoms with van der Waals surface area (Å²) in [5.74, 6) is 1.48. The predicted octanol–water partition coefficient (Wildman–Crippen LogP) is 3.23. The van der Waals surface area contributed by atoms with Gasteiger partial charge in [-0.05, 0) is 37.6 Å². The van der Waals surface area contributed by atoms with Crippen LogP contribution >= 0.6 is 15.9 Å². The molecule has 19 heavy (non-hydrogen) atoms. The van der Waals surface area contributed by atoms with Crippen molar-refractivity contribution in [1.82, 2.24) is 5.32 Å². The predicted molar refractivity (Wildman–Crippen MR) is 80.6 cm³/mol. The Morgan fingerprint density at radius 1 is 1.47 bits per heavy atom. The van der Waals surface area contributed by atoms with Gasteiger partial charge in [0.15, 0.2) is 0 Å². The van der Waals surface area contributed by atoms with Gasteiger partial charge in [0.25, 0.3) is 0 Å². The van der Waals surface area contributed by atoms with Crippen LogP contribution in [0.25, 0.3) is 0 Å². The first-order valence-corrected chi connectivity index (χ1v) is 7.78.